The lowest BCUT2D eigenvalue weighted by Crippen LogP contribution is -2.53. The molecule has 1 heterocycles. The fraction of sp³-hybridized carbons (Fsp3) is 0.529. The number of hydrogen-bond donors (Lipinski definition) is 1. The van der Waals surface area contributed by atoms with Crippen LogP contribution < -0.4 is 5.32 Å². The van der Waals surface area contributed by atoms with Crippen LogP contribution in [0.2, 0.25) is 0 Å². The molecule has 0 bridgehead atoms. The molecule has 0 atom stereocenters. The summed E-state index contributed by atoms with van der Waals surface area (Å²) < 4.78 is 1.09. The van der Waals surface area contributed by atoms with E-state index < -0.39 is 0 Å². The topological polar surface area (TPSA) is 47.9 Å². The van der Waals surface area contributed by atoms with Gasteiger partial charge in [-0.05, 0) is 37.1 Å². The van der Waals surface area contributed by atoms with Crippen molar-refractivity contribution < 1.29 is 4.79 Å². The molecule has 5 nitrogen and oxygen atoms in total. The van der Waals surface area contributed by atoms with Gasteiger partial charge in [-0.25, -0.2) is 4.99 Å². The van der Waals surface area contributed by atoms with Crippen LogP contribution in [0, 0.1) is 6.92 Å². The molecule has 1 aromatic rings. The van der Waals surface area contributed by atoms with E-state index in [9.17, 15) is 4.79 Å². The minimum Gasteiger partial charge on any atom is -0.357 e. The Morgan fingerprint density at radius 1 is 1.26 bits per heavy atom. The largest absolute Gasteiger partial charge is 0.357 e. The van der Waals surface area contributed by atoms with Crippen molar-refractivity contribution in [3.8, 4) is 0 Å². The first-order chi connectivity index (χ1) is 11.0. The predicted octanol–water partition coefficient (Wildman–Crippen LogP) is 2.39. The second kappa shape index (κ2) is 8.34. The molecule has 1 N–H and O–H groups in total. The van der Waals surface area contributed by atoms with E-state index in [2.05, 4.69) is 58.2 Å². The summed E-state index contributed by atoms with van der Waals surface area (Å²) in [6.45, 7) is 10.5. The number of guanidine groups is 1. The van der Waals surface area contributed by atoms with Gasteiger partial charge in [-0.3, -0.25) is 4.79 Å². The van der Waals surface area contributed by atoms with Gasteiger partial charge in [0.1, 0.15) is 0 Å². The van der Waals surface area contributed by atoms with Crippen molar-refractivity contribution in [1.29, 1.82) is 0 Å². The summed E-state index contributed by atoms with van der Waals surface area (Å²) in [5.41, 5.74) is 2.46. The first kappa shape index (κ1) is 17.8. The van der Waals surface area contributed by atoms with E-state index in [0.717, 1.165) is 43.2 Å². The monoisotopic (exact) mass is 380 g/mol. The second-order valence-electron chi connectivity index (χ2n) is 5.73. The van der Waals surface area contributed by atoms with Crippen LogP contribution in [0.15, 0.2) is 27.7 Å². The van der Waals surface area contributed by atoms with Gasteiger partial charge in [-0.15, -0.1) is 0 Å². The van der Waals surface area contributed by atoms with E-state index in [1.165, 1.54) is 11.1 Å². The highest BCUT2D eigenvalue weighted by molar-refractivity contribution is 9.10. The molecular weight excluding hydrogens is 356 g/mol. The molecule has 126 valence electrons. The molecule has 1 fully saturated rings. The molecule has 0 aliphatic carbocycles. The number of carbonyl (C=O) groups excluding carboxylic acids is 1. The van der Waals surface area contributed by atoms with Gasteiger partial charge in [0.2, 0.25) is 5.91 Å². The van der Waals surface area contributed by atoms with Crippen LogP contribution in [0.4, 0.5) is 0 Å². The van der Waals surface area contributed by atoms with Crippen LogP contribution in [-0.2, 0) is 11.3 Å². The van der Waals surface area contributed by atoms with Crippen LogP contribution in [0.5, 0.6) is 0 Å². The summed E-state index contributed by atoms with van der Waals surface area (Å²) in [6.07, 6.45) is 0. The molecule has 1 amide bonds. The predicted molar refractivity (Wildman–Crippen MR) is 97.5 cm³/mol. The van der Waals surface area contributed by atoms with Crippen molar-refractivity contribution in [3.63, 3.8) is 0 Å². The normalized spacial score (nSPS) is 15.7. The first-order valence-electron chi connectivity index (χ1n) is 8.05. The number of aliphatic imine (C=N–C) groups is 1. The van der Waals surface area contributed by atoms with Gasteiger partial charge in [0.05, 0.1) is 6.54 Å². The zero-order chi connectivity index (χ0) is 16.8. The number of carbonyl (C=O) groups is 1. The van der Waals surface area contributed by atoms with E-state index in [-0.39, 0.29) is 5.91 Å². The highest BCUT2D eigenvalue weighted by atomic mass is 79.9. The Hall–Kier alpha value is -1.56. The van der Waals surface area contributed by atoms with Crippen molar-refractivity contribution in [2.24, 2.45) is 4.99 Å². The summed E-state index contributed by atoms with van der Waals surface area (Å²) in [5.74, 6) is 1.08. The number of aryl methyl sites for hydroxylation is 1. The fourth-order valence-corrected chi connectivity index (χ4v) is 3.13. The number of halogens is 1. The van der Waals surface area contributed by atoms with Crippen molar-refractivity contribution in [2.75, 3.05) is 32.7 Å². The van der Waals surface area contributed by atoms with E-state index in [1.54, 1.807) is 6.92 Å². The number of nitrogens with zero attached hydrogens (tertiary/aromatic N) is 3. The van der Waals surface area contributed by atoms with Crippen molar-refractivity contribution in [2.45, 2.75) is 27.3 Å². The number of nitrogens with one attached hydrogen (secondary N) is 1. The molecule has 0 aromatic heterocycles. The summed E-state index contributed by atoms with van der Waals surface area (Å²) in [4.78, 5) is 20.3. The zero-order valence-electron chi connectivity index (χ0n) is 14.1. The zero-order valence-corrected chi connectivity index (χ0v) is 15.7. The number of rotatable bonds is 3. The van der Waals surface area contributed by atoms with Crippen LogP contribution >= 0.6 is 15.9 Å². The maximum Gasteiger partial charge on any atom is 0.219 e. The average molecular weight is 381 g/mol. The third-order valence-electron chi connectivity index (χ3n) is 4.06. The molecule has 0 unspecified atom stereocenters. The smallest absolute Gasteiger partial charge is 0.219 e. The van der Waals surface area contributed by atoms with Crippen LogP contribution in [0.25, 0.3) is 0 Å². The molecule has 2 rings (SSSR count). The lowest BCUT2D eigenvalue weighted by Gasteiger charge is -2.36. The van der Waals surface area contributed by atoms with Gasteiger partial charge in [0.15, 0.2) is 5.96 Å². The van der Waals surface area contributed by atoms with Crippen LogP contribution in [0.3, 0.4) is 0 Å². The van der Waals surface area contributed by atoms with Gasteiger partial charge >= 0.3 is 0 Å². The maximum atomic E-state index is 11.4. The highest BCUT2D eigenvalue weighted by Gasteiger charge is 2.20. The van der Waals surface area contributed by atoms with Gasteiger partial charge in [0.25, 0.3) is 0 Å². The molecular formula is C17H25BrN4O. The maximum absolute atomic E-state index is 11.4. The molecule has 1 aromatic carbocycles. The van der Waals surface area contributed by atoms with Crippen molar-refractivity contribution >= 4 is 27.8 Å². The molecule has 23 heavy (non-hydrogen) atoms. The second-order valence-corrected chi connectivity index (χ2v) is 6.65. The summed E-state index contributed by atoms with van der Waals surface area (Å²) in [6, 6.07) is 6.28. The molecule has 1 aliphatic heterocycles. The number of hydrogen-bond acceptors (Lipinski definition) is 2. The molecule has 1 saturated heterocycles. The van der Waals surface area contributed by atoms with E-state index >= 15 is 0 Å². The number of piperazine rings is 1. The van der Waals surface area contributed by atoms with Crippen molar-refractivity contribution in [1.82, 2.24) is 15.1 Å². The Bertz CT molecular complexity index is 580. The quantitative estimate of drug-likeness (QED) is 0.646. The minimum atomic E-state index is 0.150. The standard InChI is InChI=1S/C17H25BrN4O/c1-4-19-17(22-9-7-21(8-10-22)14(3)23)20-12-15-5-6-16(18)11-13(15)2/h5-6,11H,4,7-10,12H2,1-3H3,(H,19,20). The summed E-state index contributed by atoms with van der Waals surface area (Å²) >= 11 is 3.49. The Kier molecular flexibility index (Phi) is 6.45. The van der Waals surface area contributed by atoms with Crippen LogP contribution in [0.1, 0.15) is 25.0 Å². The number of amides is 1. The summed E-state index contributed by atoms with van der Waals surface area (Å²) in [7, 11) is 0. The van der Waals surface area contributed by atoms with Crippen molar-refractivity contribution in [3.05, 3.63) is 33.8 Å². The Morgan fingerprint density at radius 2 is 1.91 bits per heavy atom. The SMILES string of the molecule is CCNC(=NCc1ccc(Br)cc1C)N1CCN(C(C)=O)CC1. The van der Waals surface area contributed by atoms with E-state index in [0.29, 0.717) is 6.54 Å². The Labute approximate surface area is 146 Å². The van der Waals surface area contributed by atoms with Crippen LogP contribution in [-0.4, -0.2) is 54.4 Å². The van der Waals surface area contributed by atoms with E-state index in [1.807, 2.05) is 4.90 Å². The highest BCUT2D eigenvalue weighted by Crippen LogP contribution is 2.16. The average Bonchev–Trinajstić information content (AvgIpc) is 2.53. The molecule has 0 spiro atoms. The van der Waals surface area contributed by atoms with Gasteiger partial charge < -0.3 is 15.1 Å². The molecule has 0 saturated carbocycles. The fourth-order valence-electron chi connectivity index (χ4n) is 2.66. The molecule has 1 aliphatic rings. The van der Waals surface area contributed by atoms with Gasteiger partial charge in [-0.2, -0.15) is 0 Å². The lowest BCUT2D eigenvalue weighted by atomic mass is 10.1. The summed E-state index contributed by atoms with van der Waals surface area (Å²) in [5, 5.41) is 3.36. The molecule has 0 radical (unpaired) electrons. The third-order valence-corrected chi connectivity index (χ3v) is 4.56. The minimum absolute atomic E-state index is 0.150. The number of benzene rings is 1. The Morgan fingerprint density at radius 3 is 2.48 bits per heavy atom. The third kappa shape index (κ3) is 4.96. The Balaban J connectivity index is 2.04. The van der Waals surface area contributed by atoms with Gasteiger partial charge in [0, 0.05) is 44.1 Å². The lowest BCUT2D eigenvalue weighted by molar-refractivity contribution is -0.130. The van der Waals surface area contributed by atoms with E-state index in [4.69, 9.17) is 4.99 Å². The first-order valence-corrected chi connectivity index (χ1v) is 8.84. The molecule has 6 heteroatoms. The van der Waals surface area contributed by atoms with Gasteiger partial charge in [-0.1, -0.05) is 22.0 Å².